The third-order valence-corrected chi connectivity index (χ3v) is 10.4. The zero-order chi connectivity index (χ0) is 27.2. The van der Waals surface area contributed by atoms with Crippen molar-refractivity contribution in [3.63, 3.8) is 0 Å². The minimum atomic E-state index is 0.162. The van der Waals surface area contributed by atoms with Crippen LogP contribution in [0.5, 0.6) is 0 Å². The topological polar surface area (TPSA) is 25.8 Å². The fourth-order valence-corrected chi connectivity index (χ4v) is 8.63. The molecule has 0 N–H and O–H groups in total. The van der Waals surface area contributed by atoms with Crippen molar-refractivity contribution in [2.45, 2.75) is 0 Å². The molecule has 0 aliphatic carbocycles. The molecule has 0 atom stereocenters. The second kappa shape index (κ2) is 9.98. The molecular formula is C38H24N2Se. The molecule has 8 rings (SSSR count). The summed E-state index contributed by atoms with van der Waals surface area (Å²) in [6.45, 7) is 0. The second-order valence-corrected chi connectivity index (χ2v) is 12.3. The van der Waals surface area contributed by atoms with E-state index in [1.54, 1.807) is 0 Å². The second-order valence-electron chi connectivity index (χ2n) is 10.2. The van der Waals surface area contributed by atoms with Crippen molar-refractivity contribution in [3.8, 4) is 44.8 Å². The van der Waals surface area contributed by atoms with E-state index >= 15 is 0 Å². The first-order valence-electron chi connectivity index (χ1n) is 13.8. The van der Waals surface area contributed by atoms with Gasteiger partial charge >= 0.3 is 245 Å². The fourth-order valence-electron chi connectivity index (χ4n) is 5.77. The Labute approximate surface area is 244 Å². The molecule has 8 aromatic rings. The van der Waals surface area contributed by atoms with Crippen LogP contribution < -0.4 is 0 Å². The van der Waals surface area contributed by atoms with Crippen LogP contribution in [0.2, 0.25) is 0 Å². The maximum absolute atomic E-state index is 5.38. The van der Waals surface area contributed by atoms with Crippen molar-refractivity contribution in [3.05, 3.63) is 146 Å². The molecule has 3 heteroatoms. The zero-order valence-electron chi connectivity index (χ0n) is 22.2. The van der Waals surface area contributed by atoms with Gasteiger partial charge in [0.1, 0.15) is 0 Å². The van der Waals surface area contributed by atoms with Gasteiger partial charge in [0.05, 0.1) is 0 Å². The van der Waals surface area contributed by atoms with E-state index in [4.69, 9.17) is 9.97 Å². The van der Waals surface area contributed by atoms with Crippen LogP contribution in [0.15, 0.2) is 146 Å². The summed E-state index contributed by atoms with van der Waals surface area (Å²) in [7, 11) is 0. The normalized spacial score (nSPS) is 11.4. The maximum atomic E-state index is 5.38. The third-order valence-electron chi connectivity index (χ3n) is 7.69. The summed E-state index contributed by atoms with van der Waals surface area (Å²) in [5.74, 6) is 0. The first-order chi connectivity index (χ1) is 20.3. The van der Waals surface area contributed by atoms with E-state index in [1.807, 2.05) is 12.1 Å². The van der Waals surface area contributed by atoms with Crippen LogP contribution in [0.1, 0.15) is 0 Å². The number of fused-ring (bicyclic) bond motifs is 4. The Balaban J connectivity index is 1.40. The molecule has 0 unspecified atom stereocenters. The fraction of sp³-hybridized carbons (Fsp3) is 0. The van der Waals surface area contributed by atoms with Crippen LogP contribution >= 0.6 is 0 Å². The first kappa shape index (κ1) is 24.0. The van der Waals surface area contributed by atoms with Gasteiger partial charge in [0.25, 0.3) is 0 Å². The average molecular weight is 588 g/mol. The number of hydrogen-bond acceptors (Lipinski definition) is 2. The van der Waals surface area contributed by atoms with E-state index < -0.39 is 0 Å². The van der Waals surface area contributed by atoms with Gasteiger partial charge < -0.3 is 0 Å². The van der Waals surface area contributed by atoms with E-state index in [-0.39, 0.29) is 14.5 Å². The number of hydrogen-bond donors (Lipinski definition) is 0. The van der Waals surface area contributed by atoms with E-state index in [0.29, 0.717) is 0 Å². The minimum absolute atomic E-state index is 0.162. The quantitative estimate of drug-likeness (QED) is 0.192. The van der Waals surface area contributed by atoms with Gasteiger partial charge in [0.2, 0.25) is 0 Å². The van der Waals surface area contributed by atoms with Crippen molar-refractivity contribution in [1.29, 1.82) is 0 Å². The van der Waals surface area contributed by atoms with E-state index in [9.17, 15) is 0 Å². The molecule has 0 amide bonds. The van der Waals surface area contributed by atoms with Crippen molar-refractivity contribution in [2.24, 2.45) is 0 Å². The van der Waals surface area contributed by atoms with Crippen LogP contribution in [0.4, 0.5) is 0 Å². The molecule has 6 aromatic carbocycles. The number of rotatable bonds is 4. The Hall–Kier alpha value is -4.82. The number of para-hydroxylation sites is 1. The van der Waals surface area contributed by atoms with Gasteiger partial charge in [-0.05, 0) is 0 Å². The molecule has 0 saturated carbocycles. The Morgan fingerprint density at radius 3 is 1.49 bits per heavy atom. The summed E-state index contributed by atoms with van der Waals surface area (Å²) in [6.07, 6.45) is 0. The van der Waals surface area contributed by atoms with E-state index in [0.717, 1.165) is 39.1 Å². The van der Waals surface area contributed by atoms with Crippen LogP contribution in [-0.4, -0.2) is 24.5 Å². The van der Waals surface area contributed by atoms with Crippen LogP contribution in [0, 0.1) is 0 Å². The molecule has 0 aliphatic heterocycles. The molecular weight excluding hydrogens is 563 g/mol. The van der Waals surface area contributed by atoms with Gasteiger partial charge in [-0.3, -0.25) is 0 Å². The SMILES string of the molecule is c1ccc(-c2nc3cccc(-c4cccc5c4[se]c4c(-c6ccccc6)cccc45)c3nc2-c2ccccc2)cc1. The Morgan fingerprint density at radius 2 is 0.854 bits per heavy atom. The molecule has 0 spiro atoms. The summed E-state index contributed by atoms with van der Waals surface area (Å²) in [6, 6.07) is 51.4. The Bertz CT molecular complexity index is 2180. The average Bonchev–Trinajstić information content (AvgIpc) is 3.44. The molecule has 192 valence electrons. The molecule has 2 aromatic heterocycles. The van der Waals surface area contributed by atoms with Gasteiger partial charge in [0.15, 0.2) is 0 Å². The van der Waals surface area contributed by atoms with Gasteiger partial charge in [-0.15, -0.1) is 0 Å². The van der Waals surface area contributed by atoms with Crippen molar-refractivity contribution in [1.82, 2.24) is 9.97 Å². The summed E-state index contributed by atoms with van der Waals surface area (Å²) in [4.78, 5) is 10.6. The van der Waals surface area contributed by atoms with Crippen molar-refractivity contribution in [2.75, 3.05) is 0 Å². The monoisotopic (exact) mass is 588 g/mol. The molecule has 0 bridgehead atoms. The first-order valence-corrected chi connectivity index (χ1v) is 15.5. The summed E-state index contributed by atoms with van der Waals surface area (Å²) in [5, 5.41) is 2.69. The Kier molecular flexibility index (Phi) is 5.84. The number of nitrogens with zero attached hydrogens (tertiary/aromatic N) is 2. The predicted molar refractivity (Wildman–Crippen MR) is 173 cm³/mol. The van der Waals surface area contributed by atoms with Gasteiger partial charge in [-0.25, -0.2) is 0 Å². The van der Waals surface area contributed by atoms with E-state index in [1.165, 1.54) is 36.0 Å². The molecule has 41 heavy (non-hydrogen) atoms. The zero-order valence-corrected chi connectivity index (χ0v) is 23.9. The van der Waals surface area contributed by atoms with Crippen molar-refractivity contribution >= 4 is 44.8 Å². The third kappa shape index (κ3) is 4.10. The van der Waals surface area contributed by atoms with Crippen LogP contribution in [0.3, 0.4) is 0 Å². The molecule has 0 saturated heterocycles. The van der Waals surface area contributed by atoms with Crippen molar-refractivity contribution < 1.29 is 0 Å². The summed E-state index contributed by atoms with van der Waals surface area (Å²) < 4.78 is 2.87. The van der Waals surface area contributed by atoms with Gasteiger partial charge in [-0.1, -0.05) is 0 Å². The standard InChI is InChI=1S/C38H24N2Se/c1-4-13-25(14-5-1)28-19-10-22-31-32-23-11-21-30(38(32)41-37(28)31)29-20-12-24-33-36(29)40-35(27-17-8-3-9-18-27)34(39-33)26-15-6-2-7-16-26/h1-24H. The summed E-state index contributed by atoms with van der Waals surface area (Å²) >= 11 is 0.162. The van der Waals surface area contributed by atoms with Gasteiger partial charge in [-0.2, -0.15) is 0 Å². The molecule has 2 heterocycles. The molecule has 0 radical (unpaired) electrons. The van der Waals surface area contributed by atoms with Gasteiger partial charge in [0, 0.05) is 0 Å². The molecule has 2 nitrogen and oxygen atoms in total. The summed E-state index contributed by atoms with van der Waals surface area (Å²) in [5.41, 5.74) is 10.8. The Morgan fingerprint density at radius 1 is 0.366 bits per heavy atom. The number of aromatic nitrogens is 2. The molecule has 0 fully saturated rings. The predicted octanol–water partition coefficient (Wildman–Crippen LogP) is 9.66. The van der Waals surface area contributed by atoms with E-state index in [2.05, 4.69) is 133 Å². The molecule has 0 aliphatic rings. The number of benzene rings is 6. The van der Waals surface area contributed by atoms with Crippen LogP contribution in [0.25, 0.3) is 75.1 Å². The van der Waals surface area contributed by atoms with Crippen LogP contribution in [-0.2, 0) is 0 Å².